The van der Waals surface area contributed by atoms with Gasteiger partial charge < -0.3 is 15.4 Å². The number of amides is 4. The average molecular weight is 436 g/mol. The molecule has 2 N–H and O–H groups in total. The Balaban J connectivity index is 1.71. The fraction of sp³-hybridized carbons (Fsp3) is 0.524. The van der Waals surface area contributed by atoms with E-state index in [2.05, 4.69) is 10.6 Å². The first-order valence-corrected chi connectivity index (χ1v) is 10.4. The zero-order chi connectivity index (χ0) is 21.9. The highest BCUT2D eigenvalue weighted by atomic mass is 35.5. The molecule has 1 heterocycles. The number of carbonyl (C=O) groups excluding carboxylic acids is 4. The molecule has 1 aliphatic heterocycles. The number of benzene rings is 1. The maximum absolute atomic E-state index is 13.0. The minimum absolute atomic E-state index is 0.0110. The van der Waals surface area contributed by atoms with E-state index in [4.69, 9.17) is 16.3 Å². The topological polar surface area (TPSA) is 105 Å². The number of imide groups is 1. The molecule has 0 bridgehead atoms. The summed E-state index contributed by atoms with van der Waals surface area (Å²) in [6, 6.07) is 5.47. The van der Waals surface area contributed by atoms with Gasteiger partial charge in [0.25, 0.3) is 5.91 Å². The number of hydrogen-bond donors (Lipinski definition) is 2. The highest BCUT2D eigenvalue weighted by Crippen LogP contribution is 2.38. The van der Waals surface area contributed by atoms with E-state index in [1.807, 2.05) is 6.92 Å². The van der Waals surface area contributed by atoms with Crippen LogP contribution >= 0.6 is 11.6 Å². The van der Waals surface area contributed by atoms with Crippen LogP contribution in [0.25, 0.3) is 0 Å². The van der Waals surface area contributed by atoms with Crippen molar-refractivity contribution in [2.24, 2.45) is 5.92 Å². The average Bonchev–Trinajstić information content (AvgIpc) is 2.95. The van der Waals surface area contributed by atoms with Crippen molar-refractivity contribution in [2.45, 2.75) is 50.6 Å². The van der Waals surface area contributed by atoms with E-state index in [1.54, 1.807) is 24.3 Å². The maximum atomic E-state index is 13.0. The number of hydrogen-bond acceptors (Lipinski definition) is 5. The number of carbonyl (C=O) groups is 4. The summed E-state index contributed by atoms with van der Waals surface area (Å²) in [5.41, 5.74) is -0.260. The number of urea groups is 1. The van der Waals surface area contributed by atoms with Gasteiger partial charge in [0.15, 0.2) is 0 Å². The lowest BCUT2D eigenvalue weighted by atomic mass is 9.73. The van der Waals surface area contributed by atoms with E-state index < -0.39 is 36.0 Å². The molecule has 2 aliphatic rings. The van der Waals surface area contributed by atoms with E-state index in [-0.39, 0.29) is 18.2 Å². The molecule has 1 aliphatic carbocycles. The van der Waals surface area contributed by atoms with Gasteiger partial charge in [-0.05, 0) is 36.5 Å². The van der Waals surface area contributed by atoms with Crippen molar-refractivity contribution in [1.82, 2.24) is 15.5 Å². The van der Waals surface area contributed by atoms with Crippen molar-refractivity contribution in [3.63, 3.8) is 0 Å². The monoisotopic (exact) mass is 435 g/mol. The van der Waals surface area contributed by atoms with Crippen LogP contribution in [0.3, 0.4) is 0 Å². The summed E-state index contributed by atoms with van der Waals surface area (Å²) in [4.78, 5) is 51.0. The third kappa shape index (κ3) is 4.43. The Kier molecular flexibility index (Phi) is 6.65. The number of esters is 1. The first-order valence-electron chi connectivity index (χ1n) is 10.0. The first kappa shape index (κ1) is 22.1. The van der Waals surface area contributed by atoms with Crippen LogP contribution in [0.2, 0.25) is 5.02 Å². The first-order chi connectivity index (χ1) is 14.3. The predicted molar refractivity (Wildman–Crippen MR) is 110 cm³/mol. The van der Waals surface area contributed by atoms with Crippen LogP contribution in [0.15, 0.2) is 24.3 Å². The van der Waals surface area contributed by atoms with E-state index in [1.165, 1.54) is 7.11 Å². The van der Waals surface area contributed by atoms with Crippen molar-refractivity contribution in [3.8, 4) is 0 Å². The number of rotatable bonds is 6. The molecule has 30 heavy (non-hydrogen) atoms. The second-order valence-electron chi connectivity index (χ2n) is 7.89. The van der Waals surface area contributed by atoms with E-state index in [0.29, 0.717) is 17.0 Å². The van der Waals surface area contributed by atoms with E-state index >= 15 is 0 Å². The Labute approximate surface area is 180 Å². The molecule has 9 heteroatoms. The normalized spacial score (nSPS) is 24.5. The Hall–Kier alpha value is -2.61. The summed E-state index contributed by atoms with van der Waals surface area (Å²) in [7, 11) is 1.26. The fourth-order valence-electron chi connectivity index (χ4n) is 4.22. The van der Waals surface area contributed by atoms with Crippen molar-refractivity contribution in [3.05, 3.63) is 34.9 Å². The van der Waals surface area contributed by atoms with Gasteiger partial charge in [0.05, 0.1) is 19.6 Å². The van der Waals surface area contributed by atoms with Crippen LogP contribution < -0.4 is 10.6 Å². The molecule has 162 valence electrons. The number of methoxy groups -OCH3 is 1. The SMILES string of the molecule is COC(=O)C[C@H](NC(=O)CN1C(=O)N[C@@]2(CCCC[C@H]2C)C1=O)c1ccc(Cl)cc1. The minimum atomic E-state index is -0.919. The molecule has 1 spiro atoms. The van der Waals surface area contributed by atoms with Gasteiger partial charge in [-0.25, -0.2) is 4.79 Å². The number of nitrogens with zero attached hydrogens (tertiary/aromatic N) is 1. The lowest BCUT2D eigenvalue weighted by Gasteiger charge is -2.36. The molecule has 1 saturated carbocycles. The third-order valence-electron chi connectivity index (χ3n) is 6.01. The second kappa shape index (κ2) is 9.04. The molecule has 3 rings (SSSR count). The van der Waals surface area contributed by atoms with Crippen LogP contribution in [0.5, 0.6) is 0 Å². The minimum Gasteiger partial charge on any atom is -0.469 e. The lowest BCUT2D eigenvalue weighted by Crippen LogP contribution is -2.54. The van der Waals surface area contributed by atoms with Gasteiger partial charge >= 0.3 is 12.0 Å². The molecule has 0 unspecified atom stereocenters. The zero-order valence-electron chi connectivity index (χ0n) is 17.1. The molecular weight excluding hydrogens is 410 g/mol. The van der Waals surface area contributed by atoms with Gasteiger partial charge in [-0.15, -0.1) is 0 Å². The smallest absolute Gasteiger partial charge is 0.325 e. The molecule has 1 saturated heterocycles. The van der Waals surface area contributed by atoms with Gasteiger partial charge in [-0.1, -0.05) is 43.5 Å². The van der Waals surface area contributed by atoms with Gasteiger partial charge in [0.1, 0.15) is 12.1 Å². The molecular formula is C21H26ClN3O5. The van der Waals surface area contributed by atoms with Crippen molar-refractivity contribution < 1.29 is 23.9 Å². The van der Waals surface area contributed by atoms with Crippen LogP contribution in [-0.4, -0.2) is 47.9 Å². The highest BCUT2D eigenvalue weighted by molar-refractivity contribution is 6.30. The largest absolute Gasteiger partial charge is 0.469 e. The van der Waals surface area contributed by atoms with E-state index in [9.17, 15) is 19.2 Å². The summed E-state index contributed by atoms with van der Waals surface area (Å²) in [5.74, 6) is -1.38. The van der Waals surface area contributed by atoms with Gasteiger partial charge in [0, 0.05) is 5.02 Å². The molecule has 0 radical (unpaired) electrons. The quantitative estimate of drug-likeness (QED) is 0.527. The standard InChI is InChI=1S/C21H26ClN3O5/c1-13-5-3-4-10-21(13)19(28)25(20(29)24-21)12-17(26)23-16(11-18(27)30-2)14-6-8-15(22)9-7-14/h6-9,13,16H,3-5,10-12H2,1-2H3,(H,23,26)(H,24,29)/t13-,16+,21-/m1/s1. The fourth-order valence-corrected chi connectivity index (χ4v) is 4.35. The third-order valence-corrected chi connectivity index (χ3v) is 6.26. The lowest BCUT2D eigenvalue weighted by molar-refractivity contribution is -0.142. The van der Waals surface area contributed by atoms with Crippen molar-refractivity contribution in [1.29, 1.82) is 0 Å². The van der Waals surface area contributed by atoms with Crippen LogP contribution in [0.4, 0.5) is 4.79 Å². The van der Waals surface area contributed by atoms with Gasteiger partial charge in [0.2, 0.25) is 5.91 Å². The molecule has 4 amide bonds. The molecule has 8 nitrogen and oxygen atoms in total. The summed E-state index contributed by atoms with van der Waals surface area (Å²) in [6.07, 6.45) is 3.21. The predicted octanol–water partition coefficient (Wildman–Crippen LogP) is 2.56. The van der Waals surface area contributed by atoms with Crippen LogP contribution in [0, 0.1) is 5.92 Å². The van der Waals surface area contributed by atoms with Crippen molar-refractivity contribution in [2.75, 3.05) is 13.7 Å². The highest BCUT2D eigenvalue weighted by Gasteiger charge is 2.55. The number of nitrogens with one attached hydrogen (secondary N) is 2. The van der Waals surface area contributed by atoms with Crippen LogP contribution in [-0.2, 0) is 19.1 Å². The molecule has 3 atom stereocenters. The Morgan fingerprint density at radius 2 is 2.00 bits per heavy atom. The summed E-state index contributed by atoms with van der Waals surface area (Å²) < 4.78 is 4.72. The molecule has 1 aromatic rings. The zero-order valence-corrected chi connectivity index (χ0v) is 17.8. The Morgan fingerprint density at radius 3 is 2.63 bits per heavy atom. The Bertz CT molecular complexity index is 844. The maximum Gasteiger partial charge on any atom is 0.325 e. The van der Waals surface area contributed by atoms with E-state index in [0.717, 1.165) is 24.2 Å². The molecule has 0 aromatic heterocycles. The summed E-state index contributed by atoms with van der Waals surface area (Å²) >= 11 is 5.92. The van der Waals surface area contributed by atoms with Gasteiger partial charge in [-0.3, -0.25) is 19.3 Å². The van der Waals surface area contributed by atoms with Crippen LogP contribution in [0.1, 0.15) is 50.6 Å². The van der Waals surface area contributed by atoms with Crippen molar-refractivity contribution >= 4 is 35.4 Å². The number of halogens is 1. The summed E-state index contributed by atoms with van der Waals surface area (Å²) in [5, 5.41) is 6.08. The summed E-state index contributed by atoms with van der Waals surface area (Å²) in [6.45, 7) is 1.54. The number of ether oxygens (including phenoxy) is 1. The molecule has 2 fully saturated rings. The Morgan fingerprint density at radius 1 is 1.30 bits per heavy atom. The van der Waals surface area contributed by atoms with Gasteiger partial charge in [-0.2, -0.15) is 0 Å². The second-order valence-corrected chi connectivity index (χ2v) is 8.33. The molecule has 1 aromatic carbocycles.